The third kappa shape index (κ3) is 2.51. The molecule has 0 aliphatic rings. The lowest BCUT2D eigenvalue weighted by Crippen LogP contribution is -2.28. The van der Waals surface area contributed by atoms with Crippen LogP contribution in [-0.4, -0.2) is 9.78 Å². The number of rotatable bonds is 1. The molecule has 1 heterocycles. The molecule has 1 rings (SSSR count). The predicted octanol–water partition coefficient (Wildman–Crippen LogP) is 3.59. The first-order chi connectivity index (χ1) is 7.03. The van der Waals surface area contributed by atoms with Crippen LogP contribution >= 0.6 is 0 Å². The number of hydrogen-bond acceptors (Lipinski definition) is 1. The van der Waals surface area contributed by atoms with E-state index in [2.05, 4.69) is 5.10 Å². The van der Waals surface area contributed by atoms with Gasteiger partial charge in [0, 0.05) is 0 Å². The van der Waals surface area contributed by atoms with Crippen molar-refractivity contribution in [2.24, 2.45) is 0 Å². The molecule has 0 aliphatic carbocycles. The Morgan fingerprint density at radius 3 is 1.94 bits per heavy atom. The fourth-order valence-corrected chi connectivity index (χ4v) is 1.22. The van der Waals surface area contributed by atoms with Gasteiger partial charge in [0.25, 0.3) is 6.43 Å². The molecule has 16 heavy (non-hydrogen) atoms. The van der Waals surface area contributed by atoms with Gasteiger partial charge in [0.15, 0.2) is 0 Å². The first-order valence-corrected chi connectivity index (χ1v) is 4.49. The molecule has 0 aromatic carbocycles. The normalized spacial score (nSPS) is 13.6. The Labute approximate surface area is 89.1 Å². The fourth-order valence-electron chi connectivity index (χ4n) is 1.22. The number of nitrogens with zero attached hydrogens (tertiary/aromatic N) is 2. The molecule has 0 N–H and O–H groups in total. The van der Waals surface area contributed by atoms with E-state index in [1.54, 1.807) is 0 Å². The Balaban J connectivity index is 3.36. The van der Waals surface area contributed by atoms with E-state index < -0.39 is 29.5 Å². The lowest BCUT2D eigenvalue weighted by atomic mass is 10.1. The highest BCUT2D eigenvalue weighted by Crippen LogP contribution is 2.34. The molecule has 1 aromatic rings. The summed E-state index contributed by atoms with van der Waals surface area (Å²) >= 11 is 0. The monoisotopic (exact) mass is 242 g/mol. The highest BCUT2D eigenvalue weighted by molar-refractivity contribution is 5.16. The van der Waals surface area contributed by atoms with Gasteiger partial charge in [-0.2, -0.15) is 18.3 Å². The minimum absolute atomic E-state index is 0.385. The predicted molar refractivity (Wildman–Crippen MR) is 47.2 cm³/mol. The van der Waals surface area contributed by atoms with E-state index in [4.69, 9.17) is 0 Å². The first-order valence-electron chi connectivity index (χ1n) is 4.49. The molecule has 0 radical (unpaired) electrons. The van der Waals surface area contributed by atoms with Crippen molar-refractivity contribution in [3.05, 3.63) is 17.5 Å². The van der Waals surface area contributed by atoms with Gasteiger partial charge in [0.1, 0.15) is 11.4 Å². The summed E-state index contributed by atoms with van der Waals surface area (Å²) < 4.78 is 62.8. The van der Waals surface area contributed by atoms with Crippen molar-refractivity contribution in [2.45, 2.75) is 38.9 Å². The summed E-state index contributed by atoms with van der Waals surface area (Å²) in [6.07, 6.45) is -7.70. The molecular formula is C9H11F5N2. The van der Waals surface area contributed by atoms with Gasteiger partial charge in [-0.15, -0.1) is 0 Å². The van der Waals surface area contributed by atoms with Gasteiger partial charge in [0.2, 0.25) is 0 Å². The average molecular weight is 242 g/mol. The van der Waals surface area contributed by atoms with Gasteiger partial charge in [0.05, 0.1) is 5.54 Å². The van der Waals surface area contributed by atoms with Crippen LogP contribution in [-0.2, 0) is 11.7 Å². The van der Waals surface area contributed by atoms with Crippen molar-refractivity contribution in [3.63, 3.8) is 0 Å². The Hall–Kier alpha value is -1.14. The topological polar surface area (TPSA) is 17.8 Å². The van der Waals surface area contributed by atoms with Crippen LogP contribution in [0.4, 0.5) is 22.0 Å². The summed E-state index contributed by atoms with van der Waals surface area (Å²) in [4.78, 5) is 0. The summed E-state index contributed by atoms with van der Waals surface area (Å²) in [5.41, 5.74) is -3.02. The van der Waals surface area contributed by atoms with Crippen LogP contribution in [0, 0.1) is 0 Å². The molecule has 1 aromatic heterocycles. The molecule has 2 nitrogen and oxygen atoms in total. The summed E-state index contributed by atoms with van der Waals surface area (Å²) in [7, 11) is 0. The zero-order valence-electron chi connectivity index (χ0n) is 8.94. The highest BCUT2D eigenvalue weighted by Gasteiger charge is 2.39. The van der Waals surface area contributed by atoms with Crippen LogP contribution in [0.5, 0.6) is 0 Å². The van der Waals surface area contributed by atoms with Crippen LogP contribution in [0.3, 0.4) is 0 Å². The van der Waals surface area contributed by atoms with Crippen LogP contribution < -0.4 is 0 Å². The van der Waals surface area contributed by atoms with Crippen molar-refractivity contribution < 1.29 is 22.0 Å². The minimum Gasteiger partial charge on any atom is -0.255 e. The molecule has 0 saturated carbocycles. The molecule has 0 bridgehead atoms. The SMILES string of the molecule is CC(C)(C)n1nc(C(F)F)cc1C(F)(F)F. The van der Waals surface area contributed by atoms with Crippen molar-refractivity contribution in [3.8, 4) is 0 Å². The molecule has 0 aliphatic heterocycles. The maximum Gasteiger partial charge on any atom is 0.433 e. The average Bonchev–Trinajstić information content (AvgIpc) is 2.44. The Morgan fingerprint density at radius 1 is 1.19 bits per heavy atom. The quantitative estimate of drug-likeness (QED) is 0.688. The second kappa shape index (κ2) is 3.71. The molecule has 0 fully saturated rings. The smallest absolute Gasteiger partial charge is 0.255 e. The Morgan fingerprint density at radius 2 is 1.69 bits per heavy atom. The van der Waals surface area contributed by atoms with Crippen LogP contribution in [0.2, 0.25) is 0 Å². The maximum atomic E-state index is 12.5. The van der Waals surface area contributed by atoms with Crippen LogP contribution in [0.15, 0.2) is 6.07 Å². The largest absolute Gasteiger partial charge is 0.433 e. The van der Waals surface area contributed by atoms with E-state index >= 15 is 0 Å². The molecule has 0 atom stereocenters. The summed E-state index contributed by atoms with van der Waals surface area (Å²) in [5.74, 6) is 0. The zero-order chi connectivity index (χ0) is 12.7. The van der Waals surface area contributed by atoms with Gasteiger partial charge in [-0.25, -0.2) is 8.78 Å². The van der Waals surface area contributed by atoms with Gasteiger partial charge < -0.3 is 0 Å². The lowest BCUT2D eigenvalue weighted by Gasteiger charge is -2.23. The summed E-state index contributed by atoms with van der Waals surface area (Å²) in [5, 5.41) is 3.29. The number of alkyl halides is 5. The van der Waals surface area contributed by atoms with Gasteiger partial charge in [-0.1, -0.05) is 0 Å². The molecule has 7 heteroatoms. The van der Waals surface area contributed by atoms with Gasteiger partial charge >= 0.3 is 6.18 Å². The second-order valence-electron chi connectivity index (χ2n) is 4.34. The third-order valence-corrected chi connectivity index (χ3v) is 1.88. The van der Waals surface area contributed by atoms with E-state index in [0.717, 1.165) is 0 Å². The van der Waals surface area contributed by atoms with Crippen LogP contribution in [0.25, 0.3) is 0 Å². The second-order valence-corrected chi connectivity index (χ2v) is 4.34. The maximum absolute atomic E-state index is 12.5. The zero-order valence-corrected chi connectivity index (χ0v) is 8.94. The summed E-state index contributed by atoms with van der Waals surface area (Å²) in [6.45, 7) is 4.39. The van der Waals surface area contributed by atoms with Crippen molar-refractivity contribution in [2.75, 3.05) is 0 Å². The van der Waals surface area contributed by atoms with Gasteiger partial charge in [-0.05, 0) is 26.8 Å². The van der Waals surface area contributed by atoms with E-state index in [1.807, 2.05) is 0 Å². The van der Waals surface area contributed by atoms with Crippen LogP contribution in [0.1, 0.15) is 38.6 Å². The molecule has 0 unspecified atom stereocenters. The number of halogens is 5. The third-order valence-electron chi connectivity index (χ3n) is 1.88. The lowest BCUT2D eigenvalue weighted by molar-refractivity contribution is -0.146. The summed E-state index contributed by atoms with van der Waals surface area (Å²) in [6, 6.07) is 0.385. The standard InChI is InChI=1S/C9H11F5N2/c1-8(2,3)16-6(9(12,13)14)4-5(15-16)7(10)11/h4,7H,1-3H3. The molecule has 0 saturated heterocycles. The van der Waals surface area contributed by atoms with E-state index in [-0.39, 0.29) is 0 Å². The van der Waals surface area contributed by atoms with Gasteiger partial charge in [-0.3, -0.25) is 4.68 Å². The molecule has 0 amide bonds. The van der Waals surface area contributed by atoms with Crippen molar-refractivity contribution in [1.82, 2.24) is 9.78 Å². The van der Waals surface area contributed by atoms with E-state index in [9.17, 15) is 22.0 Å². The first kappa shape index (κ1) is 12.9. The molecule has 92 valence electrons. The molecular weight excluding hydrogens is 231 g/mol. The van der Waals surface area contributed by atoms with E-state index in [0.29, 0.717) is 10.7 Å². The Bertz CT molecular complexity index is 341. The molecule has 0 spiro atoms. The minimum atomic E-state index is -4.69. The van der Waals surface area contributed by atoms with Crippen molar-refractivity contribution in [1.29, 1.82) is 0 Å². The Kier molecular flexibility index (Phi) is 3.00. The highest BCUT2D eigenvalue weighted by atomic mass is 19.4. The van der Waals surface area contributed by atoms with E-state index in [1.165, 1.54) is 20.8 Å². The fraction of sp³-hybridized carbons (Fsp3) is 0.667. The van der Waals surface area contributed by atoms with Crippen molar-refractivity contribution >= 4 is 0 Å². The number of hydrogen-bond donors (Lipinski definition) is 0. The number of aromatic nitrogens is 2.